The molecule has 4 heteroatoms. The van der Waals surface area contributed by atoms with E-state index in [9.17, 15) is 19.5 Å². The molecule has 0 unspecified atom stereocenters. The van der Waals surface area contributed by atoms with Crippen molar-refractivity contribution in [2.24, 2.45) is 17.8 Å². The number of carbonyl (C=O) groups excluding carboxylic acids is 3. The number of Topliss-reactive ketones (excluding diaryl/α,β-unsaturated/α-hetero) is 3. The molecule has 1 N–H and O–H groups in total. The van der Waals surface area contributed by atoms with Gasteiger partial charge in [-0.05, 0) is 26.7 Å². The minimum Gasteiger partial charge on any atom is -0.389 e. The van der Waals surface area contributed by atoms with Gasteiger partial charge in [-0.2, -0.15) is 0 Å². The van der Waals surface area contributed by atoms with Crippen molar-refractivity contribution in [1.29, 1.82) is 0 Å². The fourth-order valence-corrected chi connectivity index (χ4v) is 3.03. The van der Waals surface area contributed by atoms with Gasteiger partial charge < -0.3 is 5.11 Å². The quantitative estimate of drug-likeness (QED) is 0.705. The van der Waals surface area contributed by atoms with Crippen LogP contribution in [0.2, 0.25) is 0 Å². The number of hydrogen-bond donors (Lipinski definition) is 1. The van der Waals surface area contributed by atoms with Gasteiger partial charge in [0.05, 0.1) is 11.5 Å². The second kappa shape index (κ2) is 4.09. The second-order valence-corrected chi connectivity index (χ2v) is 5.04. The first-order valence-electron chi connectivity index (χ1n) is 5.44. The monoisotopic (exact) mass is 226 g/mol. The van der Waals surface area contributed by atoms with Crippen LogP contribution in [0.1, 0.15) is 34.1 Å². The molecule has 1 fully saturated rings. The predicted octanol–water partition coefficient (Wildman–Crippen LogP) is 0.757. The first kappa shape index (κ1) is 13.0. The summed E-state index contributed by atoms with van der Waals surface area (Å²) in [6, 6.07) is 0. The van der Waals surface area contributed by atoms with Crippen molar-refractivity contribution in [1.82, 2.24) is 0 Å². The lowest BCUT2D eigenvalue weighted by molar-refractivity contribution is -0.155. The second-order valence-electron chi connectivity index (χ2n) is 5.04. The summed E-state index contributed by atoms with van der Waals surface area (Å²) < 4.78 is 0. The summed E-state index contributed by atoms with van der Waals surface area (Å²) in [5, 5.41) is 10.1. The molecule has 1 aliphatic carbocycles. The van der Waals surface area contributed by atoms with Gasteiger partial charge in [-0.15, -0.1) is 0 Å². The Kier molecular flexibility index (Phi) is 3.33. The van der Waals surface area contributed by atoms with Crippen molar-refractivity contribution in [3.63, 3.8) is 0 Å². The molecule has 1 aliphatic rings. The van der Waals surface area contributed by atoms with E-state index in [4.69, 9.17) is 0 Å². The molecule has 0 aromatic heterocycles. The Hall–Kier alpha value is -1.03. The zero-order valence-corrected chi connectivity index (χ0v) is 10.1. The first-order chi connectivity index (χ1) is 7.18. The summed E-state index contributed by atoms with van der Waals surface area (Å²) in [6.45, 7) is 5.92. The maximum atomic E-state index is 11.7. The third-order valence-electron chi connectivity index (χ3n) is 3.48. The van der Waals surface area contributed by atoms with Gasteiger partial charge in [-0.3, -0.25) is 14.4 Å². The zero-order chi connectivity index (χ0) is 12.7. The number of rotatable bonds is 2. The highest BCUT2D eigenvalue weighted by Gasteiger charge is 2.51. The van der Waals surface area contributed by atoms with E-state index in [2.05, 4.69) is 0 Å². The zero-order valence-electron chi connectivity index (χ0n) is 10.1. The molecule has 0 bridgehead atoms. The smallest absolute Gasteiger partial charge is 0.146 e. The number of ketones is 3. The largest absolute Gasteiger partial charge is 0.389 e. The third kappa shape index (κ3) is 2.07. The van der Waals surface area contributed by atoms with Crippen LogP contribution < -0.4 is 0 Å². The van der Waals surface area contributed by atoms with Gasteiger partial charge in [-0.1, -0.05) is 6.92 Å². The highest BCUT2D eigenvalue weighted by atomic mass is 16.3. The molecule has 0 aromatic rings. The third-order valence-corrected chi connectivity index (χ3v) is 3.48. The van der Waals surface area contributed by atoms with E-state index in [0.717, 1.165) is 0 Å². The summed E-state index contributed by atoms with van der Waals surface area (Å²) in [4.78, 5) is 34.6. The van der Waals surface area contributed by atoms with Crippen LogP contribution in [-0.4, -0.2) is 28.1 Å². The van der Waals surface area contributed by atoms with Crippen LogP contribution in [-0.2, 0) is 14.4 Å². The molecule has 4 atom stereocenters. The fourth-order valence-electron chi connectivity index (χ4n) is 3.03. The van der Waals surface area contributed by atoms with Gasteiger partial charge in [0.15, 0.2) is 0 Å². The lowest BCUT2D eigenvalue weighted by Gasteiger charge is -2.42. The topological polar surface area (TPSA) is 71.4 Å². The Morgan fingerprint density at radius 2 is 1.81 bits per heavy atom. The number of hydrogen-bond acceptors (Lipinski definition) is 4. The van der Waals surface area contributed by atoms with E-state index in [1.165, 1.54) is 20.8 Å². The van der Waals surface area contributed by atoms with Gasteiger partial charge in [0.2, 0.25) is 0 Å². The summed E-state index contributed by atoms with van der Waals surface area (Å²) in [5.41, 5.74) is -1.33. The molecule has 0 aliphatic heterocycles. The number of carbonyl (C=O) groups is 3. The summed E-state index contributed by atoms with van der Waals surface area (Å²) >= 11 is 0. The van der Waals surface area contributed by atoms with Gasteiger partial charge in [0, 0.05) is 12.3 Å². The predicted molar refractivity (Wildman–Crippen MR) is 57.8 cm³/mol. The standard InChI is InChI=1S/C12H18O4/c1-6-10(7(2)13)9(15)5-12(4,16)11(6)8(3)14/h6,10-11,16H,5H2,1-4H3/t6-,10-,11-,12+/m0/s1. The van der Waals surface area contributed by atoms with Gasteiger partial charge >= 0.3 is 0 Å². The molecule has 0 radical (unpaired) electrons. The van der Waals surface area contributed by atoms with E-state index in [0.29, 0.717) is 0 Å². The maximum Gasteiger partial charge on any atom is 0.146 e. The van der Waals surface area contributed by atoms with Crippen LogP contribution in [0, 0.1) is 17.8 Å². The fraction of sp³-hybridized carbons (Fsp3) is 0.750. The normalized spacial score (nSPS) is 39.6. The van der Waals surface area contributed by atoms with Gasteiger partial charge in [-0.25, -0.2) is 0 Å². The van der Waals surface area contributed by atoms with Crippen LogP contribution in [0.5, 0.6) is 0 Å². The Bertz CT molecular complexity index is 343. The first-order valence-corrected chi connectivity index (χ1v) is 5.44. The van der Waals surface area contributed by atoms with Crippen molar-refractivity contribution >= 4 is 17.3 Å². The van der Waals surface area contributed by atoms with Crippen molar-refractivity contribution in [2.45, 2.75) is 39.7 Å². The molecular formula is C12H18O4. The highest BCUT2D eigenvalue weighted by Crippen LogP contribution is 2.40. The van der Waals surface area contributed by atoms with E-state index < -0.39 is 23.4 Å². The molecule has 16 heavy (non-hydrogen) atoms. The van der Waals surface area contributed by atoms with Crippen LogP contribution in [0.25, 0.3) is 0 Å². The molecule has 0 aromatic carbocycles. The van der Waals surface area contributed by atoms with E-state index in [1.54, 1.807) is 6.92 Å². The van der Waals surface area contributed by atoms with E-state index in [-0.39, 0.29) is 23.8 Å². The van der Waals surface area contributed by atoms with Crippen LogP contribution in [0.4, 0.5) is 0 Å². The molecular weight excluding hydrogens is 208 g/mol. The minimum atomic E-state index is -1.33. The average Bonchev–Trinajstić information content (AvgIpc) is 1.97. The SMILES string of the molecule is CC(=O)[C@H]1C(=O)C[C@@](C)(O)[C@H](C(C)=O)[C@H]1C. The molecule has 0 saturated heterocycles. The Balaban J connectivity index is 3.13. The minimum absolute atomic E-state index is 0.119. The van der Waals surface area contributed by atoms with Crippen LogP contribution in [0.3, 0.4) is 0 Å². The molecule has 0 amide bonds. The molecule has 0 heterocycles. The maximum absolute atomic E-state index is 11.7. The summed E-state index contributed by atoms with van der Waals surface area (Å²) in [5.74, 6) is -2.46. The van der Waals surface area contributed by atoms with Gasteiger partial charge in [0.25, 0.3) is 0 Å². The Morgan fingerprint density at radius 3 is 2.19 bits per heavy atom. The molecule has 90 valence electrons. The molecule has 1 saturated carbocycles. The lowest BCUT2D eigenvalue weighted by atomic mass is 9.62. The average molecular weight is 226 g/mol. The Morgan fingerprint density at radius 1 is 1.31 bits per heavy atom. The summed E-state index contributed by atoms with van der Waals surface area (Å²) in [6.07, 6.45) is -0.119. The van der Waals surface area contributed by atoms with E-state index >= 15 is 0 Å². The van der Waals surface area contributed by atoms with Crippen LogP contribution in [0.15, 0.2) is 0 Å². The summed E-state index contributed by atoms with van der Waals surface area (Å²) in [7, 11) is 0. The Labute approximate surface area is 95.0 Å². The molecule has 1 rings (SSSR count). The van der Waals surface area contributed by atoms with Crippen molar-refractivity contribution in [2.75, 3.05) is 0 Å². The lowest BCUT2D eigenvalue weighted by Crippen LogP contribution is -2.54. The van der Waals surface area contributed by atoms with Gasteiger partial charge in [0.1, 0.15) is 17.3 Å². The van der Waals surface area contributed by atoms with E-state index in [1.807, 2.05) is 0 Å². The molecule has 0 spiro atoms. The van der Waals surface area contributed by atoms with Crippen molar-refractivity contribution in [3.8, 4) is 0 Å². The van der Waals surface area contributed by atoms with Crippen LogP contribution >= 0.6 is 0 Å². The highest BCUT2D eigenvalue weighted by molar-refractivity contribution is 6.03. The number of aliphatic hydroxyl groups is 1. The van der Waals surface area contributed by atoms with Crippen molar-refractivity contribution in [3.05, 3.63) is 0 Å². The molecule has 4 nitrogen and oxygen atoms in total. The van der Waals surface area contributed by atoms with Crippen molar-refractivity contribution < 1.29 is 19.5 Å².